The Hall–Kier alpha value is -2.68. The van der Waals surface area contributed by atoms with Crippen molar-refractivity contribution in [3.05, 3.63) is 77.9 Å². The van der Waals surface area contributed by atoms with Crippen molar-refractivity contribution in [2.24, 2.45) is 0 Å². The maximum absolute atomic E-state index is 12.8. The first-order valence-electron chi connectivity index (χ1n) is 6.85. The van der Waals surface area contributed by atoms with Crippen LogP contribution in [0.4, 0.5) is 5.69 Å². The third-order valence-corrected chi connectivity index (χ3v) is 3.65. The molecule has 3 rings (SSSR count). The summed E-state index contributed by atoms with van der Waals surface area (Å²) in [6.45, 7) is 4.08. The van der Waals surface area contributed by atoms with Gasteiger partial charge in [-0.2, -0.15) is 0 Å². The first kappa shape index (κ1) is 13.3. The third-order valence-electron chi connectivity index (χ3n) is 3.65. The molecule has 0 atom stereocenters. The molecule has 3 nitrogen and oxygen atoms in total. The van der Waals surface area contributed by atoms with Crippen LogP contribution in [0.15, 0.2) is 61.2 Å². The SMILES string of the molecule is C=CCN1C(=O)c2ccccc2CC(=O)c2ccccc21. The number of Topliss-reactive ketones (excluding diaryl/α,β-unsaturated/α-hetero) is 1. The Bertz CT molecular complexity index is 734. The Balaban J connectivity index is 2.22. The molecular weight excluding hydrogens is 262 g/mol. The van der Waals surface area contributed by atoms with Crippen LogP contribution < -0.4 is 4.90 Å². The van der Waals surface area contributed by atoms with E-state index in [9.17, 15) is 9.59 Å². The molecule has 0 fully saturated rings. The monoisotopic (exact) mass is 277 g/mol. The van der Waals surface area contributed by atoms with E-state index >= 15 is 0 Å². The number of rotatable bonds is 2. The second-order valence-corrected chi connectivity index (χ2v) is 4.98. The second-order valence-electron chi connectivity index (χ2n) is 4.98. The van der Waals surface area contributed by atoms with Crippen molar-refractivity contribution in [1.82, 2.24) is 0 Å². The second kappa shape index (κ2) is 5.37. The number of fused-ring (bicyclic) bond motifs is 2. The summed E-state index contributed by atoms with van der Waals surface area (Å²) in [5, 5.41) is 0. The molecule has 1 aliphatic rings. The van der Waals surface area contributed by atoms with E-state index < -0.39 is 0 Å². The fourth-order valence-electron chi connectivity index (χ4n) is 2.66. The highest BCUT2D eigenvalue weighted by Gasteiger charge is 2.27. The predicted molar refractivity (Wildman–Crippen MR) is 82.8 cm³/mol. The highest BCUT2D eigenvalue weighted by atomic mass is 16.2. The molecule has 0 saturated carbocycles. The highest BCUT2D eigenvalue weighted by molar-refractivity contribution is 6.14. The largest absolute Gasteiger partial charge is 0.304 e. The summed E-state index contributed by atoms with van der Waals surface area (Å²) in [6.07, 6.45) is 1.92. The molecule has 21 heavy (non-hydrogen) atoms. The van der Waals surface area contributed by atoms with Gasteiger partial charge in [0.15, 0.2) is 5.78 Å². The summed E-state index contributed by atoms with van der Waals surface area (Å²) in [5.74, 6) is -0.0648. The molecule has 0 spiro atoms. The third kappa shape index (κ3) is 2.27. The smallest absolute Gasteiger partial charge is 0.258 e. The summed E-state index contributed by atoms with van der Waals surface area (Å²) < 4.78 is 0. The van der Waals surface area contributed by atoms with Gasteiger partial charge in [0.1, 0.15) is 0 Å². The number of ketones is 1. The van der Waals surface area contributed by atoms with Gasteiger partial charge in [0.25, 0.3) is 5.91 Å². The van der Waals surface area contributed by atoms with E-state index in [0.29, 0.717) is 23.4 Å². The van der Waals surface area contributed by atoms with Gasteiger partial charge in [-0.1, -0.05) is 36.4 Å². The van der Waals surface area contributed by atoms with E-state index in [1.807, 2.05) is 36.4 Å². The van der Waals surface area contributed by atoms with Crippen LogP contribution in [-0.4, -0.2) is 18.2 Å². The van der Waals surface area contributed by atoms with Crippen molar-refractivity contribution in [1.29, 1.82) is 0 Å². The lowest BCUT2D eigenvalue weighted by Gasteiger charge is -2.27. The molecule has 2 aromatic rings. The number of carbonyl (C=O) groups excluding carboxylic acids is 2. The zero-order valence-corrected chi connectivity index (χ0v) is 11.6. The summed E-state index contributed by atoms with van der Waals surface area (Å²) in [4.78, 5) is 26.9. The van der Waals surface area contributed by atoms with E-state index in [-0.39, 0.29) is 18.1 Å². The Kier molecular flexibility index (Phi) is 3.40. The number of anilines is 1. The van der Waals surface area contributed by atoms with Gasteiger partial charge in [-0.3, -0.25) is 9.59 Å². The van der Waals surface area contributed by atoms with E-state index in [4.69, 9.17) is 0 Å². The molecule has 3 heteroatoms. The van der Waals surface area contributed by atoms with Crippen LogP contribution in [0.2, 0.25) is 0 Å². The minimum absolute atomic E-state index is 0.0274. The number of hydrogen-bond acceptors (Lipinski definition) is 2. The maximum Gasteiger partial charge on any atom is 0.258 e. The van der Waals surface area contributed by atoms with Crippen LogP contribution in [-0.2, 0) is 6.42 Å². The van der Waals surface area contributed by atoms with Gasteiger partial charge in [-0.25, -0.2) is 0 Å². The number of nitrogens with zero attached hydrogens (tertiary/aromatic N) is 1. The van der Waals surface area contributed by atoms with Crippen molar-refractivity contribution in [3.63, 3.8) is 0 Å². The van der Waals surface area contributed by atoms with Crippen molar-refractivity contribution in [2.45, 2.75) is 6.42 Å². The lowest BCUT2D eigenvalue weighted by Crippen LogP contribution is -2.34. The summed E-state index contributed by atoms with van der Waals surface area (Å²) in [7, 11) is 0. The number of benzene rings is 2. The van der Waals surface area contributed by atoms with Crippen LogP contribution in [0.3, 0.4) is 0 Å². The zero-order valence-electron chi connectivity index (χ0n) is 11.6. The number of para-hydroxylation sites is 1. The minimum atomic E-state index is -0.0922. The number of amides is 1. The van der Waals surface area contributed by atoms with Crippen LogP contribution in [0, 0.1) is 0 Å². The van der Waals surface area contributed by atoms with Gasteiger partial charge in [-0.15, -0.1) is 6.58 Å². The van der Waals surface area contributed by atoms with Crippen molar-refractivity contribution in [2.75, 3.05) is 11.4 Å². The maximum atomic E-state index is 12.8. The molecule has 0 unspecified atom stereocenters. The van der Waals surface area contributed by atoms with E-state index in [1.165, 1.54) is 0 Å². The van der Waals surface area contributed by atoms with Crippen LogP contribution >= 0.6 is 0 Å². The lowest BCUT2D eigenvalue weighted by molar-refractivity contribution is 0.0976. The van der Waals surface area contributed by atoms with E-state index in [0.717, 1.165) is 5.56 Å². The lowest BCUT2D eigenvalue weighted by atomic mass is 9.94. The molecule has 1 amide bonds. The van der Waals surface area contributed by atoms with Crippen LogP contribution in [0.1, 0.15) is 26.3 Å². The quantitative estimate of drug-likeness (QED) is 0.790. The molecule has 0 radical (unpaired) electrons. The molecule has 0 bridgehead atoms. The van der Waals surface area contributed by atoms with Crippen molar-refractivity contribution < 1.29 is 9.59 Å². The molecule has 1 aliphatic heterocycles. The number of hydrogen-bond donors (Lipinski definition) is 0. The first-order chi connectivity index (χ1) is 10.2. The molecule has 1 heterocycles. The summed E-state index contributed by atoms with van der Waals surface area (Å²) >= 11 is 0. The fourth-order valence-corrected chi connectivity index (χ4v) is 2.66. The topological polar surface area (TPSA) is 37.4 Å². The predicted octanol–water partition coefficient (Wildman–Crippen LogP) is 3.26. The molecule has 2 aromatic carbocycles. The van der Waals surface area contributed by atoms with Crippen molar-refractivity contribution >= 4 is 17.4 Å². The van der Waals surface area contributed by atoms with Gasteiger partial charge >= 0.3 is 0 Å². The van der Waals surface area contributed by atoms with Crippen LogP contribution in [0.5, 0.6) is 0 Å². The van der Waals surface area contributed by atoms with Gasteiger partial charge in [-0.05, 0) is 23.8 Å². The fraction of sp³-hybridized carbons (Fsp3) is 0.111. The molecular formula is C18H15NO2. The summed E-state index contributed by atoms with van der Waals surface area (Å²) in [6, 6.07) is 14.5. The van der Waals surface area contributed by atoms with Gasteiger partial charge < -0.3 is 4.90 Å². The number of carbonyl (C=O) groups is 2. The molecule has 0 saturated heterocycles. The molecule has 0 aromatic heterocycles. The Morgan fingerprint density at radius 2 is 1.67 bits per heavy atom. The Morgan fingerprint density at radius 3 is 2.43 bits per heavy atom. The standard InChI is InChI=1S/C18H15NO2/c1-2-11-19-16-10-6-5-9-15(16)17(20)12-13-7-3-4-8-14(13)18(19)21/h2-10H,1,11-12H2. The first-order valence-corrected chi connectivity index (χ1v) is 6.85. The normalized spacial score (nSPS) is 14.0. The average molecular weight is 277 g/mol. The summed E-state index contributed by atoms with van der Waals surface area (Å²) in [5.41, 5.74) is 2.60. The molecule has 104 valence electrons. The highest BCUT2D eigenvalue weighted by Crippen LogP contribution is 2.28. The molecule has 0 aliphatic carbocycles. The van der Waals surface area contributed by atoms with E-state index in [1.54, 1.807) is 23.1 Å². The average Bonchev–Trinajstić information content (AvgIpc) is 2.51. The van der Waals surface area contributed by atoms with Gasteiger partial charge in [0.2, 0.25) is 0 Å². The Labute approximate surface area is 123 Å². The minimum Gasteiger partial charge on any atom is -0.304 e. The zero-order chi connectivity index (χ0) is 14.8. The van der Waals surface area contributed by atoms with Crippen molar-refractivity contribution in [3.8, 4) is 0 Å². The van der Waals surface area contributed by atoms with E-state index in [2.05, 4.69) is 6.58 Å². The van der Waals surface area contributed by atoms with Gasteiger partial charge in [0.05, 0.1) is 5.69 Å². The van der Waals surface area contributed by atoms with Crippen LogP contribution in [0.25, 0.3) is 0 Å². The molecule has 0 N–H and O–H groups in total. The van der Waals surface area contributed by atoms with Gasteiger partial charge in [0, 0.05) is 24.1 Å². The Morgan fingerprint density at radius 1 is 1.00 bits per heavy atom.